The molecule has 1 fully saturated rings. The van der Waals surface area contributed by atoms with Gasteiger partial charge < -0.3 is 10.4 Å². The van der Waals surface area contributed by atoms with Crippen LogP contribution in [0.1, 0.15) is 30.9 Å². The van der Waals surface area contributed by atoms with E-state index in [0.29, 0.717) is 5.92 Å². The van der Waals surface area contributed by atoms with Gasteiger partial charge in [-0.3, -0.25) is 9.69 Å². The number of aliphatic hydroxyl groups excluding tert-OH is 1. The molecule has 1 amide bonds. The van der Waals surface area contributed by atoms with E-state index in [2.05, 4.69) is 22.3 Å². The number of hydrogen-bond donors (Lipinski definition) is 2. The summed E-state index contributed by atoms with van der Waals surface area (Å²) in [7, 11) is 0. The van der Waals surface area contributed by atoms with Gasteiger partial charge in [-0.1, -0.05) is 24.3 Å². The number of carbonyl (C=O) groups is 1. The first-order valence-corrected chi connectivity index (χ1v) is 7.33. The van der Waals surface area contributed by atoms with Crippen molar-refractivity contribution in [3.63, 3.8) is 0 Å². The van der Waals surface area contributed by atoms with Crippen LogP contribution >= 0.6 is 0 Å². The highest BCUT2D eigenvalue weighted by Gasteiger charge is 2.19. The van der Waals surface area contributed by atoms with Crippen LogP contribution in [-0.2, 0) is 17.9 Å². The third-order valence-electron chi connectivity index (χ3n) is 3.85. The second-order valence-electron chi connectivity index (χ2n) is 5.66. The van der Waals surface area contributed by atoms with Gasteiger partial charge >= 0.3 is 0 Å². The molecule has 2 rings (SSSR count). The van der Waals surface area contributed by atoms with E-state index in [1.807, 2.05) is 12.1 Å². The number of piperidine rings is 1. The SMILES string of the molecule is CC(=O)NCC1CCCN(Cc2ccc(CO)cc2)C1. The van der Waals surface area contributed by atoms with E-state index in [1.165, 1.54) is 18.4 Å². The third kappa shape index (κ3) is 4.62. The van der Waals surface area contributed by atoms with Crippen molar-refractivity contribution in [3.8, 4) is 0 Å². The molecule has 1 saturated heterocycles. The van der Waals surface area contributed by atoms with Crippen LogP contribution in [0.4, 0.5) is 0 Å². The maximum Gasteiger partial charge on any atom is 0.216 e. The molecule has 0 saturated carbocycles. The van der Waals surface area contributed by atoms with Gasteiger partial charge in [0.2, 0.25) is 5.91 Å². The Hall–Kier alpha value is -1.39. The van der Waals surface area contributed by atoms with Gasteiger partial charge in [0.25, 0.3) is 0 Å². The van der Waals surface area contributed by atoms with E-state index in [-0.39, 0.29) is 12.5 Å². The number of hydrogen-bond acceptors (Lipinski definition) is 3. The summed E-state index contributed by atoms with van der Waals surface area (Å²) < 4.78 is 0. The molecule has 0 radical (unpaired) electrons. The van der Waals surface area contributed by atoms with Crippen LogP contribution in [0.3, 0.4) is 0 Å². The third-order valence-corrected chi connectivity index (χ3v) is 3.85. The van der Waals surface area contributed by atoms with E-state index < -0.39 is 0 Å². The highest BCUT2D eigenvalue weighted by atomic mass is 16.3. The molecular formula is C16H24N2O2. The molecule has 1 aliphatic heterocycles. The molecular weight excluding hydrogens is 252 g/mol. The lowest BCUT2D eigenvalue weighted by atomic mass is 9.97. The predicted octanol–water partition coefficient (Wildman–Crippen LogP) is 1.53. The number of likely N-dealkylation sites (tertiary alicyclic amines) is 1. The lowest BCUT2D eigenvalue weighted by Crippen LogP contribution is -2.40. The Balaban J connectivity index is 1.83. The standard InChI is InChI=1S/C16H24N2O2/c1-13(20)17-9-16-3-2-8-18(11-16)10-14-4-6-15(12-19)7-5-14/h4-7,16,19H,2-3,8-12H2,1H3,(H,17,20). The second kappa shape index (κ2) is 7.41. The number of nitrogens with zero attached hydrogens (tertiary/aromatic N) is 1. The smallest absolute Gasteiger partial charge is 0.216 e. The molecule has 1 aromatic carbocycles. The van der Waals surface area contributed by atoms with Crippen LogP contribution in [-0.4, -0.2) is 35.5 Å². The number of rotatable bonds is 5. The highest BCUT2D eigenvalue weighted by Crippen LogP contribution is 2.18. The van der Waals surface area contributed by atoms with Crippen molar-refractivity contribution in [1.29, 1.82) is 0 Å². The van der Waals surface area contributed by atoms with Gasteiger partial charge in [-0.15, -0.1) is 0 Å². The van der Waals surface area contributed by atoms with Crippen LogP contribution in [0.25, 0.3) is 0 Å². The lowest BCUT2D eigenvalue weighted by Gasteiger charge is -2.32. The first-order chi connectivity index (χ1) is 9.67. The molecule has 1 aliphatic rings. The van der Waals surface area contributed by atoms with Gasteiger partial charge in [0, 0.05) is 26.6 Å². The topological polar surface area (TPSA) is 52.6 Å². The van der Waals surface area contributed by atoms with Crippen molar-refractivity contribution in [1.82, 2.24) is 10.2 Å². The molecule has 0 aliphatic carbocycles. The molecule has 4 nitrogen and oxygen atoms in total. The van der Waals surface area contributed by atoms with Crippen LogP contribution in [0.2, 0.25) is 0 Å². The summed E-state index contributed by atoms with van der Waals surface area (Å²) in [6, 6.07) is 8.13. The minimum Gasteiger partial charge on any atom is -0.392 e. The maximum atomic E-state index is 11.0. The van der Waals surface area contributed by atoms with E-state index in [9.17, 15) is 4.79 Å². The van der Waals surface area contributed by atoms with Crippen LogP contribution < -0.4 is 5.32 Å². The fraction of sp³-hybridized carbons (Fsp3) is 0.562. The fourth-order valence-corrected chi connectivity index (χ4v) is 2.76. The van der Waals surface area contributed by atoms with Gasteiger partial charge in [0.15, 0.2) is 0 Å². The minimum atomic E-state index is 0.0571. The zero-order chi connectivity index (χ0) is 14.4. The van der Waals surface area contributed by atoms with Crippen molar-refractivity contribution in [2.45, 2.75) is 32.9 Å². The number of carbonyl (C=O) groups excluding carboxylic acids is 1. The zero-order valence-corrected chi connectivity index (χ0v) is 12.1. The number of nitrogens with one attached hydrogen (secondary N) is 1. The quantitative estimate of drug-likeness (QED) is 0.857. The summed E-state index contributed by atoms with van der Waals surface area (Å²) in [5.41, 5.74) is 2.23. The summed E-state index contributed by atoms with van der Waals surface area (Å²) >= 11 is 0. The molecule has 1 heterocycles. The summed E-state index contributed by atoms with van der Waals surface area (Å²) in [5, 5.41) is 12.0. The normalized spacial score (nSPS) is 19.8. The Labute approximate surface area is 120 Å². The van der Waals surface area contributed by atoms with Crippen molar-refractivity contribution >= 4 is 5.91 Å². The van der Waals surface area contributed by atoms with Crippen molar-refractivity contribution in [3.05, 3.63) is 35.4 Å². The Morgan fingerprint density at radius 3 is 2.70 bits per heavy atom. The van der Waals surface area contributed by atoms with Gasteiger partial charge in [0.05, 0.1) is 6.61 Å². The van der Waals surface area contributed by atoms with E-state index in [0.717, 1.165) is 31.7 Å². The Morgan fingerprint density at radius 2 is 2.05 bits per heavy atom. The van der Waals surface area contributed by atoms with Crippen LogP contribution in [0.5, 0.6) is 0 Å². The molecule has 0 aromatic heterocycles. The Kier molecular flexibility index (Phi) is 5.56. The molecule has 1 unspecified atom stereocenters. The minimum absolute atomic E-state index is 0.0571. The monoisotopic (exact) mass is 276 g/mol. The molecule has 110 valence electrons. The average Bonchev–Trinajstić information content (AvgIpc) is 2.46. The first-order valence-electron chi connectivity index (χ1n) is 7.33. The first kappa shape index (κ1) is 15.0. The van der Waals surface area contributed by atoms with Crippen molar-refractivity contribution in [2.24, 2.45) is 5.92 Å². The number of benzene rings is 1. The predicted molar refractivity (Wildman–Crippen MR) is 79.0 cm³/mol. The molecule has 20 heavy (non-hydrogen) atoms. The van der Waals surface area contributed by atoms with Gasteiger partial charge in [-0.2, -0.15) is 0 Å². The van der Waals surface area contributed by atoms with E-state index >= 15 is 0 Å². The number of aliphatic hydroxyl groups is 1. The van der Waals surface area contributed by atoms with E-state index in [4.69, 9.17) is 5.11 Å². The van der Waals surface area contributed by atoms with Gasteiger partial charge in [0.1, 0.15) is 0 Å². The van der Waals surface area contributed by atoms with Gasteiger partial charge in [-0.05, 0) is 36.4 Å². The number of amides is 1. The summed E-state index contributed by atoms with van der Waals surface area (Å²) in [6.07, 6.45) is 2.39. The largest absolute Gasteiger partial charge is 0.392 e. The highest BCUT2D eigenvalue weighted by molar-refractivity contribution is 5.72. The molecule has 0 spiro atoms. The Bertz CT molecular complexity index is 431. The van der Waals surface area contributed by atoms with Gasteiger partial charge in [-0.25, -0.2) is 0 Å². The second-order valence-corrected chi connectivity index (χ2v) is 5.66. The average molecular weight is 276 g/mol. The molecule has 0 bridgehead atoms. The molecule has 1 atom stereocenters. The molecule has 2 N–H and O–H groups in total. The van der Waals surface area contributed by atoms with Crippen molar-refractivity contribution in [2.75, 3.05) is 19.6 Å². The summed E-state index contributed by atoms with van der Waals surface area (Å²) in [6.45, 7) is 5.57. The molecule has 1 aromatic rings. The van der Waals surface area contributed by atoms with Crippen LogP contribution in [0, 0.1) is 5.92 Å². The zero-order valence-electron chi connectivity index (χ0n) is 12.1. The summed E-state index contributed by atoms with van der Waals surface area (Å²) in [4.78, 5) is 13.4. The Morgan fingerprint density at radius 1 is 1.35 bits per heavy atom. The lowest BCUT2D eigenvalue weighted by molar-refractivity contribution is -0.119. The van der Waals surface area contributed by atoms with Crippen LogP contribution in [0.15, 0.2) is 24.3 Å². The summed E-state index contributed by atoms with van der Waals surface area (Å²) in [5.74, 6) is 0.617. The maximum absolute atomic E-state index is 11.0. The van der Waals surface area contributed by atoms with Crippen molar-refractivity contribution < 1.29 is 9.90 Å². The fourth-order valence-electron chi connectivity index (χ4n) is 2.76. The van der Waals surface area contributed by atoms with E-state index in [1.54, 1.807) is 6.92 Å². The molecule has 4 heteroatoms.